The van der Waals surface area contributed by atoms with Gasteiger partial charge in [-0.2, -0.15) is 0 Å². The van der Waals surface area contributed by atoms with E-state index in [2.05, 4.69) is 55.5 Å². The molecule has 0 aromatic carbocycles. The first-order valence-corrected chi connectivity index (χ1v) is 8.04. The lowest BCUT2D eigenvalue weighted by Gasteiger charge is -2.33. The topological polar surface area (TPSA) is 15.3 Å². The van der Waals surface area contributed by atoms with Crippen molar-refractivity contribution in [2.45, 2.75) is 52.1 Å². The maximum absolute atomic E-state index is 3.56. The molecule has 2 atom stereocenters. The highest BCUT2D eigenvalue weighted by Crippen LogP contribution is 2.25. The second-order valence-electron chi connectivity index (χ2n) is 5.00. The molecular formula is C15H28N2S. The fourth-order valence-electron chi connectivity index (χ4n) is 2.27. The Morgan fingerprint density at radius 2 is 2.11 bits per heavy atom. The average molecular weight is 268 g/mol. The summed E-state index contributed by atoms with van der Waals surface area (Å²) in [5.41, 5.74) is 0. The molecule has 104 valence electrons. The van der Waals surface area contributed by atoms with E-state index in [1.807, 2.05) is 11.3 Å². The highest BCUT2D eigenvalue weighted by molar-refractivity contribution is 7.10. The Balaban J connectivity index is 2.54. The summed E-state index contributed by atoms with van der Waals surface area (Å²) in [4.78, 5) is 3.99. The quantitative estimate of drug-likeness (QED) is 0.683. The summed E-state index contributed by atoms with van der Waals surface area (Å²) in [6.45, 7) is 9.04. The lowest BCUT2D eigenvalue weighted by Crippen LogP contribution is -2.41. The van der Waals surface area contributed by atoms with Gasteiger partial charge >= 0.3 is 0 Å². The largest absolute Gasteiger partial charge is 0.315 e. The maximum atomic E-state index is 3.56. The molecule has 3 heteroatoms. The van der Waals surface area contributed by atoms with Crippen LogP contribution in [-0.4, -0.2) is 31.1 Å². The molecule has 2 unspecified atom stereocenters. The molecule has 1 heterocycles. The van der Waals surface area contributed by atoms with E-state index in [9.17, 15) is 0 Å². The normalized spacial score (nSPS) is 14.9. The van der Waals surface area contributed by atoms with Crippen LogP contribution in [0, 0.1) is 0 Å². The number of nitrogens with zero attached hydrogens (tertiary/aromatic N) is 1. The van der Waals surface area contributed by atoms with Gasteiger partial charge in [-0.25, -0.2) is 0 Å². The van der Waals surface area contributed by atoms with E-state index in [0.29, 0.717) is 12.1 Å². The molecule has 0 aliphatic heterocycles. The van der Waals surface area contributed by atoms with Gasteiger partial charge in [-0.1, -0.05) is 26.3 Å². The van der Waals surface area contributed by atoms with E-state index in [4.69, 9.17) is 0 Å². The summed E-state index contributed by atoms with van der Waals surface area (Å²) in [7, 11) is 2.26. The molecule has 1 aromatic rings. The van der Waals surface area contributed by atoms with Crippen LogP contribution >= 0.6 is 11.3 Å². The predicted molar refractivity (Wildman–Crippen MR) is 82.4 cm³/mol. The van der Waals surface area contributed by atoms with E-state index < -0.39 is 0 Å². The number of hydrogen-bond donors (Lipinski definition) is 1. The van der Waals surface area contributed by atoms with Gasteiger partial charge in [0.1, 0.15) is 0 Å². The van der Waals surface area contributed by atoms with E-state index in [1.54, 1.807) is 0 Å². The number of thiophene rings is 1. The Morgan fingerprint density at radius 1 is 1.33 bits per heavy atom. The Hall–Kier alpha value is -0.380. The fourth-order valence-corrected chi connectivity index (χ4v) is 3.11. The third-order valence-corrected chi connectivity index (χ3v) is 4.61. The minimum atomic E-state index is 0.518. The Bertz CT molecular complexity index is 297. The van der Waals surface area contributed by atoms with Crippen LogP contribution < -0.4 is 5.32 Å². The minimum absolute atomic E-state index is 0.518. The molecule has 0 spiro atoms. The Labute approximate surface area is 116 Å². The van der Waals surface area contributed by atoms with Gasteiger partial charge in [-0.15, -0.1) is 11.3 Å². The molecule has 0 amide bonds. The van der Waals surface area contributed by atoms with Crippen molar-refractivity contribution in [3.05, 3.63) is 22.4 Å². The van der Waals surface area contributed by atoms with Crippen LogP contribution in [0.3, 0.4) is 0 Å². The molecule has 18 heavy (non-hydrogen) atoms. The van der Waals surface area contributed by atoms with Gasteiger partial charge in [0.05, 0.1) is 0 Å². The molecule has 1 aromatic heterocycles. The summed E-state index contributed by atoms with van der Waals surface area (Å²) in [5.74, 6) is 0. The molecule has 1 rings (SSSR count). The van der Waals surface area contributed by atoms with Crippen molar-refractivity contribution in [2.75, 3.05) is 20.1 Å². The molecule has 2 nitrogen and oxygen atoms in total. The van der Waals surface area contributed by atoms with Crippen molar-refractivity contribution in [3.8, 4) is 0 Å². The molecule has 0 saturated heterocycles. The average Bonchev–Trinajstić information content (AvgIpc) is 2.90. The van der Waals surface area contributed by atoms with Gasteiger partial charge in [-0.05, 0) is 44.8 Å². The van der Waals surface area contributed by atoms with Crippen molar-refractivity contribution in [3.63, 3.8) is 0 Å². The smallest absolute Gasteiger partial charge is 0.0413 e. The highest BCUT2D eigenvalue weighted by Gasteiger charge is 2.20. The molecule has 0 aliphatic carbocycles. The van der Waals surface area contributed by atoms with Gasteiger partial charge in [0, 0.05) is 23.5 Å². The first-order chi connectivity index (χ1) is 8.70. The second-order valence-corrected chi connectivity index (χ2v) is 5.98. The molecule has 0 aliphatic rings. The monoisotopic (exact) mass is 268 g/mol. The predicted octanol–water partition coefficient (Wildman–Crippen LogP) is 3.91. The molecule has 0 saturated carbocycles. The lowest BCUT2D eigenvalue weighted by atomic mass is 10.1. The van der Waals surface area contributed by atoms with Gasteiger partial charge in [-0.3, -0.25) is 4.90 Å². The SMILES string of the molecule is CCCNCC(CCC)N(C)C(C)c1cccs1. The minimum Gasteiger partial charge on any atom is -0.315 e. The van der Waals surface area contributed by atoms with Gasteiger partial charge in [0.2, 0.25) is 0 Å². The zero-order valence-electron chi connectivity index (χ0n) is 12.3. The first-order valence-electron chi connectivity index (χ1n) is 7.16. The summed E-state index contributed by atoms with van der Waals surface area (Å²) >= 11 is 1.86. The Morgan fingerprint density at radius 3 is 2.67 bits per heavy atom. The molecule has 0 fully saturated rings. The van der Waals surface area contributed by atoms with Crippen LogP contribution in [-0.2, 0) is 0 Å². The standard InChI is InChI=1S/C15H28N2S/c1-5-8-14(12-16-10-6-2)17(4)13(3)15-9-7-11-18-15/h7,9,11,13-14,16H,5-6,8,10,12H2,1-4H3. The second kappa shape index (κ2) is 8.68. The van der Waals surface area contributed by atoms with E-state index in [-0.39, 0.29) is 0 Å². The van der Waals surface area contributed by atoms with Crippen molar-refractivity contribution >= 4 is 11.3 Å². The van der Waals surface area contributed by atoms with Crippen LogP contribution in [0.4, 0.5) is 0 Å². The van der Waals surface area contributed by atoms with Gasteiger partial charge in [0.15, 0.2) is 0 Å². The summed E-state index contributed by atoms with van der Waals surface area (Å²) < 4.78 is 0. The van der Waals surface area contributed by atoms with Crippen LogP contribution in [0.15, 0.2) is 17.5 Å². The number of nitrogens with one attached hydrogen (secondary N) is 1. The number of likely N-dealkylation sites (N-methyl/N-ethyl adjacent to an activating group) is 1. The number of hydrogen-bond acceptors (Lipinski definition) is 3. The van der Waals surface area contributed by atoms with Crippen molar-refractivity contribution in [2.24, 2.45) is 0 Å². The number of rotatable bonds is 9. The molecule has 0 bridgehead atoms. The summed E-state index contributed by atoms with van der Waals surface area (Å²) in [5, 5.41) is 5.73. The van der Waals surface area contributed by atoms with E-state index in [0.717, 1.165) is 13.1 Å². The molecular weight excluding hydrogens is 240 g/mol. The van der Waals surface area contributed by atoms with Gasteiger partial charge in [0.25, 0.3) is 0 Å². The van der Waals surface area contributed by atoms with Crippen molar-refractivity contribution in [1.82, 2.24) is 10.2 Å². The lowest BCUT2D eigenvalue weighted by molar-refractivity contribution is 0.173. The van der Waals surface area contributed by atoms with Crippen LogP contribution in [0.25, 0.3) is 0 Å². The van der Waals surface area contributed by atoms with Gasteiger partial charge < -0.3 is 5.32 Å². The first kappa shape index (κ1) is 15.7. The third kappa shape index (κ3) is 4.71. The third-order valence-electron chi connectivity index (χ3n) is 3.57. The zero-order chi connectivity index (χ0) is 13.4. The highest BCUT2D eigenvalue weighted by atomic mass is 32.1. The van der Waals surface area contributed by atoms with Crippen molar-refractivity contribution < 1.29 is 0 Å². The summed E-state index contributed by atoms with van der Waals surface area (Å²) in [6.07, 6.45) is 3.73. The Kier molecular flexibility index (Phi) is 7.56. The van der Waals surface area contributed by atoms with Crippen LogP contribution in [0.1, 0.15) is 51.0 Å². The van der Waals surface area contributed by atoms with Crippen molar-refractivity contribution in [1.29, 1.82) is 0 Å². The fraction of sp³-hybridized carbons (Fsp3) is 0.733. The van der Waals surface area contributed by atoms with Crippen LogP contribution in [0.2, 0.25) is 0 Å². The molecule has 1 N–H and O–H groups in total. The van der Waals surface area contributed by atoms with E-state index >= 15 is 0 Å². The summed E-state index contributed by atoms with van der Waals surface area (Å²) in [6, 6.07) is 5.55. The van der Waals surface area contributed by atoms with Crippen LogP contribution in [0.5, 0.6) is 0 Å². The molecule has 0 radical (unpaired) electrons. The van der Waals surface area contributed by atoms with E-state index in [1.165, 1.54) is 24.1 Å². The maximum Gasteiger partial charge on any atom is 0.0413 e. The zero-order valence-corrected chi connectivity index (χ0v) is 13.1.